The molecule has 2 aromatic carbocycles. The maximum Gasteiger partial charge on any atom is 0.326 e. The van der Waals surface area contributed by atoms with Crippen LogP contribution in [0.3, 0.4) is 0 Å². The van der Waals surface area contributed by atoms with E-state index in [0.29, 0.717) is 36.3 Å². The third-order valence-corrected chi connectivity index (χ3v) is 9.74. The average molecular weight is 887 g/mol. The van der Waals surface area contributed by atoms with Crippen molar-refractivity contribution in [2.24, 2.45) is 17.2 Å². The molecule has 5 unspecified atom stereocenters. The largest absolute Gasteiger partial charge is 0.508 e. The van der Waals surface area contributed by atoms with Gasteiger partial charge in [0.15, 0.2) is 0 Å². The van der Waals surface area contributed by atoms with Crippen LogP contribution in [0.2, 0.25) is 0 Å². The van der Waals surface area contributed by atoms with E-state index >= 15 is 0 Å². The summed E-state index contributed by atoms with van der Waals surface area (Å²) in [5, 5.41) is 36.1. The van der Waals surface area contributed by atoms with Gasteiger partial charge in [0, 0.05) is 12.8 Å². The van der Waals surface area contributed by atoms with Crippen molar-refractivity contribution in [2.45, 2.75) is 81.6 Å². The third kappa shape index (κ3) is 20.8. The summed E-state index contributed by atoms with van der Waals surface area (Å²) < 4.78 is 0. The Balaban J connectivity index is 2.10. The van der Waals surface area contributed by atoms with Gasteiger partial charge in [0.25, 0.3) is 0 Å². The zero-order valence-corrected chi connectivity index (χ0v) is 35.3. The highest BCUT2D eigenvalue weighted by atomic mass is 32.2. The quantitative estimate of drug-likeness (QED) is 0.0363. The topological polar surface area (TPSA) is 356 Å². The van der Waals surface area contributed by atoms with Gasteiger partial charge in [0.1, 0.15) is 29.9 Å². The average Bonchev–Trinajstić information content (AvgIpc) is 3.24. The Labute approximate surface area is 363 Å². The number of carbonyl (C=O) groups is 9. The number of rotatable bonds is 29. The fourth-order valence-electron chi connectivity index (χ4n) is 5.71. The van der Waals surface area contributed by atoms with Crippen molar-refractivity contribution >= 4 is 65.0 Å². The summed E-state index contributed by atoms with van der Waals surface area (Å²) in [5.41, 5.74) is 18.0. The first-order valence-corrected chi connectivity index (χ1v) is 21.2. The molecule has 0 bridgehead atoms. The minimum absolute atomic E-state index is 0.00431. The lowest BCUT2D eigenvalue weighted by Crippen LogP contribution is -2.58. The maximum absolute atomic E-state index is 13.8. The molecule has 340 valence electrons. The van der Waals surface area contributed by atoms with E-state index in [2.05, 4.69) is 37.2 Å². The number of nitrogens with one attached hydrogen (secondary N) is 7. The Morgan fingerprint density at radius 2 is 1.16 bits per heavy atom. The maximum atomic E-state index is 13.8. The molecule has 2 aromatic rings. The molecule has 0 aliphatic rings. The van der Waals surface area contributed by atoms with Gasteiger partial charge < -0.3 is 64.6 Å². The molecule has 2 rings (SSSR count). The van der Waals surface area contributed by atoms with Gasteiger partial charge in [0.2, 0.25) is 47.3 Å². The van der Waals surface area contributed by atoms with Crippen molar-refractivity contribution in [1.82, 2.24) is 37.2 Å². The van der Waals surface area contributed by atoms with Gasteiger partial charge in [-0.05, 0) is 80.3 Å². The minimum Gasteiger partial charge on any atom is -0.508 e. The highest BCUT2D eigenvalue weighted by Crippen LogP contribution is 2.11. The number of carbonyl (C=O) groups excluding carboxylic acids is 8. The zero-order chi connectivity index (χ0) is 46.0. The number of hydrogen-bond donors (Lipinski definition) is 12. The molecule has 5 atom stereocenters. The van der Waals surface area contributed by atoms with Crippen LogP contribution < -0.4 is 54.4 Å². The van der Waals surface area contributed by atoms with Gasteiger partial charge >= 0.3 is 5.97 Å². The normalized spacial score (nSPS) is 13.1. The fourth-order valence-corrected chi connectivity index (χ4v) is 6.19. The van der Waals surface area contributed by atoms with Crippen LogP contribution in [0.25, 0.3) is 0 Å². The molecule has 0 aromatic heterocycles. The van der Waals surface area contributed by atoms with Gasteiger partial charge in [-0.2, -0.15) is 11.8 Å². The number of aliphatic carboxylic acids is 1. The Hall–Kier alpha value is -6.26. The number of nitrogens with two attached hydrogens (primary N) is 3. The molecule has 0 saturated heterocycles. The Morgan fingerprint density at radius 3 is 1.76 bits per heavy atom. The summed E-state index contributed by atoms with van der Waals surface area (Å²) in [4.78, 5) is 114. The number of carboxylic acid groups (broad SMARTS) is 1. The smallest absolute Gasteiger partial charge is 0.326 e. The summed E-state index contributed by atoms with van der Waals surface area (Å²) in [6.45, 7) is -1.41. The molecule has 22 heteroatoms. The molecule has 15 N–H and O–H groups in total. The van der Waals surface area contributed by atoms with Crippen LogP contribution in [0, 0.1) is 0 Å². The summed E-state index contributed by atoms with van der Waals surface area (Å²) in [6, 6.07) is 8.78. The first-order valence-electron chi connectivity index (χ1n) is 19.8. The Kier molecular flexibility index (Phi) is 23.7. The predicted molar refractivity (Wildman–Crippen MR) is 229 cm³/mol. The van der Waals surface area contributed by atoms with E-state index in [-0.39, 0.29) is 44.3 Å². The second-order valence-electron chi connectivity index (χ2n) is 14.2. The fraction of sp³-hybridized carbons (Fsp3) is 0.475. The van der Waals surface area contributed by atoms with Gasteiger partial charge in [-0.25, -0.2) is 4.79 Å². The molecular weight excluding hydrogens is 829 g/mol. The lowest BCUT2D eigenvalue weighted by Gasteiger charge is -2.25. The number of primary amides is 1. The van der Waals surface area contributed by atoms with Crippen LogP contribution in [-0.4, -0.2) is 132 Å². The van der Waals surface area contributed by atoms with E-state index in [0.717, 1.165) is 0 Å². The molecule has 0 radical (unpaired) electrons. The van der Waals surface area contributed by atoms with Gasteiger partial charge in [-0.3, -0.25) is 38.4 Å². The van der Waals surface area contributed by atoms with Crippen LogP contribution in [0.15, 0.2) is 54.6 Å². The molecule has 8 amide bonds. The van der Waals surface area contributed by atoms with Crippen LogP contribution >= 0.6 is 11.8 Å². The standard InChI is InChI=1S/C40H58N10O11S/c1-62-18-16-29(38(58)49-28(9-5-6-17-41)37(57)46-23-35(55)47-30(40(60)61)14-15-32(43)52)50-39(59)31(20-24-7-3-2-4-8-24)48-34(54)22-44-33(53)21-45-36(56)27(42)19-25-10-12-26(51)13-11-25/h2-4,7-8,10-13,27-31,51H,5-6,9,14-23,41-42H2,1H3,(H2,43,52)(H,44,53)(H,45,56)(H,46,57)(H,47,55)(H,48,54)(H,49,58)(H,50,59)(H,60,61). The van der Waals surface area contributed by atoms with E-state index in [9.17, 15) is 53.4 Å². The number of aromatic hydroxyl groups is 1. The number of hydrogen-bond acceptors (Lipinski definition) is 13. The highest BCUT2D eigenvalue weighted by molar-refractivity contribution is 7.98. The number of benzene rings is 2. The van der Waals surface area contributed by atoms with Crippen LogP contribution in [0.5, 0.6) is 5.75 Å². The number of phenolic OH excluding ortho intramolecular Hbond substituents is 1. The van der Waals surface area contributed by atoms with Crippen molar-refractivity contribution in [3.63, 3.8) is 0 Å². The molecule has 0 aliphatic carbocycles. The molecule has 62 heavy (non-hydrogen) atoms. The van der Waals surface area contributed by atoms with Crippen molar-refractivity contribution in [1.29, 1.82) is 0 Å². The molecule has 0 aliphatic heterocycles. The lowest BCUT2D eigenvalue weighted by atomic mass is 10.0. The monoisotopic (exact) mass is 886 g/mol. The summed E-state index contributed by atoms with van der Waals surface area (Å²) in [7, 11) is 0. The summed E-state index contributed by atoms with van der Waals surface area (Å²) >= 11 is 1.39. The van der Waals surface area contributed by atoms with E-state index in [4.69, 9.17) is 17.2 Å². The molecule has 0 spiro atoms. The van der Waals surface area contributed by atoms with Gasteiger partial charge in [-0.15, -0.1) is 0 Å². The van der Waals surface area contributed by atoms with Gasteiger partial charge in [-0.1, -0.05) is 42.5 Å². The van der Waals surface area contributed by atoms with E-state index < -0.39 is 103 Å². The molecule has 0 saturated carbocycles. The van der Waals surface area contributed by atoms with Gasteiger partial charge in [0.05, 0.1) is 25.7 Å². The second-order valence-corrected chi connectivity index (χ2v) is 15.1. The third-order valence-electron chi connectivity index (χ3n) is 9.09. The molecule has 0 fully saturated rings. The summed E-state index contributed by atoms with van der Waals surface area (Å²) in [5.74, 6) is -6.89. The van der Waals surface area contributed by atoms with E-state index in [1.165, 1.54) is 23.9 Å². The first kappa shape index (κ1) is 51.9. The number of phenols is 1. The van der Waals surface area contributed by atoms with Crippen LogP contribution in [0.4, 0.5) is 0 Å². The minimum atomic E-state index is -1.43. The number of thioether (sulfide) groups is 1. The van der Waals surface area contributed by atoms with Crippen molar-refractivity contribution in [3.05, 3.63) is 65.7 Å². The molecule has 0 heterocycles. The molecular formula is C40H58N10O11S. The predicted octanol–water partition coefficient (Wildman–Crippen LogP) is -2.98. The highest BCUT2D eigenvalue weighted by Gasteiger charge is 2.30. The van der Waals surface area contributed by atoms with Crippen molar-refractivity contribution in [2.75, 3.05) is 38.2 Å². The number of unbranched alkanes of at least 4 members (excludes halogenated alkanes) is 1. The number of carboxylic acids is 1. The lowest BCUT2D eigenvalue weighted by molar-refractivity contribution is -0.142. The van der Waals surface area contributed by atoms with Crippen molar-refractivity contribution < 1.29 is 53.4 Å². The molecule has 21 nitrogen and oxygen atoms in total. The second kappa shape index (κ2) is 28.3. The Bertz CT molecular complexity index is 1820. The Morgan fingerprint density at radius 1 is 0.613 bits per heavy atom. The first-order chi connectivity index (χ1) is 29.5. The van der Waals surface area contributed by atoms with Crippen LogP contribution in [-0.2, 0) is 56.0 Å². The van der Waals surface area contributed by atoms with Crippen molar-refractivity contribution in [3.8, 4) is 5.75 Å². The van der Waals surface area contributed by atoms with E-state index in [1.807, 2.05) is 0 Å². The van der Waals surface area contributed by atoms with E-state index in [1.54, 1.807) is 48.7 Å². The number of amides is 8. The zero-order valence-electron chi connectivity index (χ0n) is 34.5. The van der Waals surface area contributed by atoms with Crippen LogP contribution in [0.1, 0.15) is 49.7 Å². The summed E-state index contributed by atoms with van der Waals surface area (Å²) in [6.07, 6.45) is 2.49. The SMILES string of the molecule is CSCCC(NC(=O)C(Cc1ccccc1)NC(=O)CNC(=O)CNC(=O)C(N)Cc1ccc(O)cc1)C(=O)NC(CCCCN)C(=O)NCC(=O)NC(CCC(N)=O)C(=O)O.